The lowest BCUT2D eigenvalue weighted by molar-refractivity contribution is 0.188. The van der Waals surface area contributed by atoms with Gasteiger partial charge in [0.2, 0.25) is 0 Å². The maximum Gasteiger partial charge on any atom is 0.00922 e. The van der Waals surface area contributed by atoms with Gasteiger partial charge in [-0.3, -0.25) is 0 Å². The highest BCUT2D eigenvalue weighted by Crippen LogP contribution is 2.21. The van der Waals surface area contributed by atoms with Crippen molar-refractivity contribution >= 4 is 0 Å². The molecule has 0 aromatic carbocycles. The zero-order valence-corrected chi connectivity index (χ0v) is 11.5. The molecule has 16 heavy (non-hydrogen) atoms. The van der Waals surface area contributed by atoms with E-state index in [0.29, 0.717) is 6.04 Å². The summed E-state index contributed by atoms with van der Waals surface area (Å²) in [5.41, 5.74) is 0. The van der Waals surface area contributed by atoms with Gasteiger partial charge in [-0.25, -0.2) is 0 Å². The number of hydrogen-bond acceptors (Lipinski definition) is 2. The Morgan fingerprint density at radius 2 is 1.81 bits per heavy atom. The van der Waals surface area contributed by atoms with Crippen LogP contribution in [0.25, 0.3) is 0 Å². The number of rotatable bonds is 7. The SMILES string of the molecule is CC(C)NCCCCN(C)C1CCCCC1. The van der Waals surface area contributed by atoms with Crippen molar-refractivity contribution in [2.45, 2.75) is 70.9 Å². The Morgan fingerprint density at radius 1 is 1.12 bits per heavy atom. The van der Waals surface area contributed by atoms with Crippen molar-refractivity contribution in [2.24, 2.45) is 0 Å². The fourth-order valence-corrected chi connectivity index (χ4v) is 2.58. The van der Waals surface area contributed by atoms with E-state index in [1.807, 2.05) is 0 Å². The Labute approximate surface area is 102 Å². The molecule has 1 saturated carbocycles. The molecule has 0 spiro atoms. The minimum atomic E-state index is 0.635. The molecule has 0 atom stereocenters. The molecule has 0 saturated heterocycles. The van der Waals surface area contributed by atoms with Gasteiger partial charge >= 0.3 is 0 Å². The van der Waals surface area contributed by atoms with Gasteiger partial charge in [0.1, 0.15) is 0 Å². The zero-order chi connectivity index (χ0) is 11.8. The van der Waals surface area contributed by atoms with E-state index in [1.165, 1.54) is 58.0 Å². The normalized spacial score (nSPS) is 18.6. The zero-order valence-electron chi connectivity index (χ0n) is 11.5. The largest absolute Gasteiger partial charge is 0.315 e. The Hall–Kier alpha value is -0.0800. The summed E-state index contributed by atoms with van der Waals surface area (Å²) >= 11 is 0. The third kappa shape index (κ3) is 5.86. The molecule has 1 aliphatic rings. The maximum absolute atomic E-state index is 3.48. The van der Waals surface area contributed by atoms with E-state index in [-0.39, 0.29) is 0 Å². The van der Waals surface area contributed by atoms with Gasteiger partial charge in [0, 0.05) is 12.1 Å². The van der Waals surface area contributed by atoms with Crippen LogP contribution in [0.1, 0.15) is 58.8 Å². The lowest BCUT2D eigenvalue weighted by Gasteiger charge is -2.31. The fourth-order valence-electron chi connectivity index (χ4n) is 2.58. The number of unbranched alkanes of at least 4 members (excludes halogenated alkanes) is 1. The first-order valence-electron chi connectivity index (χ1n) is 7.14. The van der Waals surface area contributed by atoms with E-state index in [9.17, 15) is 0 Å². The highest BCUT2D eigenvalue weighted by atomic mass is 15.1. The molecule has 1 rings (SSSR count). The number of hydrogen-bond donors (Lipinski definition) is 1. The Bertz CT molecular complexity index is 162. The molecular formula is C14H30N2. The van der Waals surface area contributed by atoms with E-state index < -0.39 is 0 Å². The molecule has 0 bridgehead atoms. The second-order valence-electron chi connectivity index (χ2n) is 5.59. The van der Waals surface area contributed by atoms with Crippen LogP contribution in [0.4, 0.5) is 0 Å². The lowest BCUT2D eigenvalue weighted by atomic mass is 9.94. The van der Waals surface area contributed by atoms with Crippen LogP contribution in [-0.2, 0) is 0 Å². The summed E-state index contributed by atoms with van der Waals surface area (Å²) in [6, 6.07) is 1.52. The minimum Gasteiger partial charge on any atom is -0.315 e. The minimum absolute atomic E-state index is 0.635. The van der Waals surface area contributed by atoms with Crippen molar-refractivity contribution in [1.82, 2.24) is 10.2 Å². The molecule has 2 heteroatoms. The second-order valence-corrected chi connectivity index (χ2v) is 5.59. The summed E-state index contributed by atoms with van der Waals surface area (Å²) in [6.07, 6.45) is 9.87. The van der Waals surface area contributed by atoms with Crippen molar-refractivity contribution in [3.05, 3.63) is 0 Å². The van der Waals surface area contributed by atoms with Crippen LogP contribution in [0.3, 0.4) is 0 Å². The molecule has 1 fully saturated rings. The molecule has 0 amide bonds. The summed E-state index contributed by atoms with van der Waals surface area (Å²) in [7, 11) is 2.31. The molecule has 0 aliphatic heterocycles. The molecule has 96 valence electrons. The van der Waals surface area contributed by atoms with Gasteiger partial charge in [-0.2, -0.15) is 0 Å². The summed E-state index contributed by atoms with van der Waals surface area (Å²) in [4.78, 5) is 2.59. The van der Waals surface area contributed by atoms with Crippen molar-refractivity contribution in [3.63, 3.8) is 0 Å². The standard InChI is InChI=1S/C14H30N2/c1-13(2)15-11-7-8-12-16(3)14-9-5-4-6-10-14/h13-15H,4-12H2,1-3H3. The quantitative estimate of drug-likeness (QED) is 0.671. The van der Waals surface area contributed by atoms with E-state index in [0.717, 1.165) is 6.04 Å². The van der Waals surface area contributed by atoms with Crippen LogP contribution >= 0.6 is 0 Å². The first kappa shape index (κ1) is 14.0. The molecule has 2 nitrogen and oxygen atoms in total. The first-order valence-corrected chi connectivity index (χ1v) is 7.14. The van der Waals surface area contributed by atoms with Gasteiger partial charge in [-0.1, -0.05) is 33.1 Å². The molecular weight excluding hydrogens is 196 g/mol. The van der Waals surface area contributed by atoms with Crippen LogP contribution in [0.15, 0.2) is 0 Å². The Balaban J connectivity index is 1.98. The Kier molecular flexibility index (Phi) is 7.06. The van der Waals surface area contributed by atoms with E-state index in [4.69, 9.17) is 0 Å². The van der Waals surface area contributed by atoms with E-state index in [2.05, 4.69) is 31.1 Å². The smallest absolute Gasteiger partial charge is 0.00922 e. The average Bonchev–Trinajstić information content (AvgIpc) is 2.29. The van der Waals surface area contributed by atoms with Gasteiger partial charge in [-0.15, -0.1) is 0 Å². The van der Waals surface area contributed by atoms with Gasteiger partial charge in [0.15, 0.2) is 0 Å². The summed E-state index contributed by atoms with van der Waals surface area (Å²) in [6.45, 7) is 6.89. The molecule has 1 aliphatic carbocycles. The topological polar surface area (TPSA) is 15.3 Å². The number of nitrogens with zero attached hydrogens (tertiary/aromatic N) is 1. The van der Waals surface area contributed by atoms with E-state index >= 15 is 0 Å². The second kappa shape index (κ2) is 8.08. The third-order valence-corrected chi connectivity index (χ3v) is 3.69. The highest BCUT2D eigenvalue weighted by molar-refractivity contribution is 4.73. The van der Waals surface area contributed by atoms with Crippen LogP contribution < -0.4 is 5.32 Å². The average molecular weight is 226 g/mol. The van der Waals surface area contributed by atoms with Crippen LogP contribution in [0.5, 0.6) is 0 Å². The molecule has 0 heterocycles. The number of nitrogens with one attached hydrogen (secondary N) is 1. The van der Waals surface area contributed by atoms with Crippen molar-refractivity contribution in [3.8, 4) is 0 Å². The molecule has 0 aromatic heterocycles. The van der Waals surface area contributed by atoms with Crippen molar-refractivity contribution in [2.75, 3.05) is 20.1 Å². The molecule has 1 N–H and O–H groups in total. The molecule has 0 aromatic rings. The van der Waals surface area contributed by atoms with Crippen LogP contribution in [0, 0.1) is 0 Å². The predicted octanol–water partition coefficient (Wildman–Crippen LogP) is 3.03. The van der Waals surface area contributed by atoms with Gasteiger partial charge < -0.3 is 10.2 Å². The van der Waals surface area contributed by atoms with E-state index in [1.54, 1.807) is 0 Å². The van der Waals surface area contributed by atoms with Crippen molar-refractivity contribution < 1.29 is 0 Å². The summed E-state index contributed by atoms with van der Waals surface area (Å²) in [5, 5.41) is 3.48. The van der Waals surface area contributed by atoms with Gasteiger partial charge in [-0.05, 0) is 45.8 Å². The predicted molar refractivity (Wildman–Crippen MR) is 71.9 cm³/mol. The molecule has 0 radical (unpaired) electrons. The Morgan fingerprint density at radius 3 is 2.44 bits per heavy atom. The van der Waals surface area contributed by atoms with Crippen LogP contribution in [0.2, 0.25) is 0 Å². The van der Waals surface area contributed by atoms with Gasteiger partial charge in [0.25, 0.3) is 0 Å². The van der Waals surface area contributed by atoms with Crippen LogP contribution in [-0.4, -0.2) is 37.1 Å². The molecule has 0 unspecified atom stereocenters. The third-order valence-electron chi connectivity index (χ3n) is 3.69. The summed E-state index contributed by atoms with van der Waals surface area (Å²) in [5.74, 6) is 0. The summed E-state index contributed by atoms with van der Waals surface area (Å²) < 4.78 is 0. The maximum atomic E-state index is 3.48. The monoisotopic (exact) mass is 226 g/mol. The van der Waals surface area contributed by atoms with Crippen molar-refractivity contribution in [1.29, 1.82) is 0 Å². The van der Waals surface area contributed by atoms with Gasteiger partial charge in [0.05, 0.1) is 0 Å². The first-order chi connectivity index (χ1) is 7.70. The fraction of sp³-hybridized carbons (Fsp3) is 1.00. The lowest BCUT2D eigenvalue weighted by Crippen LogP contribution is -2.34. The highest BCUT2D eigenvalue weighted by Gasteiger charge is 2.16.